The van der Waals surface area contributed by atoms with E-state index in [2.05, 4.69) is 13.2 Å². The molecule has 0 fully saturated rings. The third-order valence-electron chi connectivity index (χ3n) is 2.26. The van der Waals surface area contributed by atoms with Crippen molar-refractivity contribution in [3.05, 3.63) is 36.2 Å². The van der Waals surface area contributed by atoms with Gasteiger partial charge in [0, 0.05) is 37.7 Å². The molecular formula is C12H22N2O2. The molecule has 0 bridgehead atoms. The summed E-state index contributed by atoms with van der Waals surface area (Å²) < 4.78 is 4.97. The Labute approximate surface area is 97.7 Å². The fourth-order valence-electron chi connectivity index (χ4n) is 1.14. The molecule has 4 nitrogen and oxygen atoms in total. The highest BCUT2D eigenvalue weighted by atomic mass is 16.5. The van der Waals surface area contributed by atoms with Crippen LogP contribution < -0.4 is 5.73 Å². The van der Waals surface area contributed by atoms with E-state index in [4.69, 9.17) is 10.5 Å². The summed E-state index contributed by atoms with van der Waals surface area (Å²) in [6.45, 7) is 10.5. The minimum atomic E-state index is -0.648. The standard InChI is InChI=1S/C12H22N2O2/c1-9(14(4)6-7-16-5)8-12(10(2)13)11(3)15/h8,11,15H,1-2,6-7,13H2,3-5H3/b12-8+. The van der Waals surface area contributed by atoms with Gasteiger partial charge in [0.25, 0.3) is 0 Å². The summed E-state index contributed by atoms with van der Waals surface area (Å²) in [5, 5.41) is 9.50. The van der Waals surface area contributed by atoms with E-state index in [1.165, 1.54) is 0 Å². The van der Waals surface area contributed by atoms with Crippen LogP contribution in [0.4, 0.5) is 0 Å². The van der Waals surface area contributed by atoms with Gasteiger partial charge in [-0.25, -0.2) is 0 Å². The van der Waals surface area contributed by atoms with Gasteiger partial charge in [-0.1, -0.05) is 13.2 Å². The van der Waals surface area contributed by atoms with Crippen molar-refractivity contribution >= 4 is 0 Å². The van der Waals surface area contributed by atoms with Crippen molar-refractivity contribution in [3.8, 4) is 0 Å². The largest absolute Gasteiger partial charge is 0.399 e. The molecule has 0 heterocycles. The number of aliphatic hydroxyl groups is 1. The molecule has 0 aromatic heterocycles. The summed E-state index contributed by atoms with van der Waals surface area (Å²) in [6, 6.07) is 0. The second-order valence-electron chi connectivity index (χ2n) is 3.71. The first-order valence-electron chi connectivity index (χ1n) is 5.13. The maximum Gasteiger partial charge on any atom is 0.0782 e. The van der Waals surface area contributed by atoms with E-state index in [0.29, 0.717) is 17.9 Å². The number of rotatable bonds is 7. The Bertz CT molecular complexity index is 283. The summed E-state index contributed by atoms with van der Waals surface area (Å²) >= 11 is 0. The summed E-state index contributed by atoms with van der Waals surface area (Å²) in [6.07, 6.45) is 1.09. The second-order valence-corrected chi connectivity index (χ2v) is 3.71. The molecule has 0 radical (unpaired) electrons. The van der Waals surface area contributed by atoms with Crippen LogP contribution in [-0.4, -0.2) is 43.4 Å². The fourth-order valence-corrected chi connectivity index (χ4v) is 1.14. The highest BCUT2D eigenvalue weighted by Crippen LogP contribution is 2.12. The molecule has 1 unspecified atom stereocenters. The van der Waals surface area contributed by atoms with Crippen LogP contribution in [0.25, 0.3) is 0 Å². The number of nitrogens with zero attached hydrogens (tertiary/aromatic N) is 1. The van der Waals surface area contributed by atoms with Gasteiger partial charge in [-0.05, 0) is 13.0 Å². The third-order valence-corrected chi connectivity index (χ3v) is 2.26. The van der Waals surface area contributed by atoms with Crippen LogP contribution in [0.3, 0.4) is 0 Å². The van der Waals surface area contributed by atoms with E-state index in [1.54, 1.807) is 20.1 Å². The lowest BCUT2D eigenvalue weighted by atomic mass is 10.1. The van der Waals surface area contributed by atoms with E-state index in [9.17, 15) is 5.11 Å². The number of hydrogen-bond acceptors (Lipinski definition) is 4. The summed E-state index contributed by atoms with van der Waals surface area (Å²) in [4.78, 5) is 1.93. The van der Waals surface area contributed by atoms with Crippen LogP contribution in [0.15, 0.2) is 36.2 Å². The van der Waals surface area contributed by atoms with E-state index < -0.39 is 6.10 Å². The van der Waals surface area contributed by atoms with Gasteiger partial charge in [0.1, 0.15) is 0 Å². The molecule has 0 aromatic carbocycles. The predicted octanol–water partition coefficient (Wildman–Crippen LogP) is 0.858. The average Bonchev–Trinajstić information content (AvgIpc) is 2.20. The lowest BCUT2D eigenvalue weighted by Crippen LogP contribution is -2.22. The maximum absolute atomic E-state index is 9.50. The molecule has 0 amide bonds. The van der Waals surface area contributed by atoms with Gasteiger partial charge >= 0.3 is 0 Å². The summed E-state index contributed by atoms with van der Waals surface area (Å²) in [7, 11) is 3.55. The van der Waals surface area contributed by atoms with Crippen LogP contribution in [0.1, 0.15) is 6.92 Å². The van der Waals surface area contributed by atoms with Crippen molar-refractivity contribution in [2.24, 2.45) is 5.73 Å². The molecule has 3 N–H and O–H groups in total. The first-order chi connectivity index (χ1) is 7.40. The summed E-state index contributed by atoms with van der Waals surface area (Å²) in [5.41, 5.74) is 7.29. The number of allylic oxidation sites excluding steroid dienone is 1. The number of aliphatic hydroxyl groups excluding tert-OH is 1. The van der Waals surface area contributed by atoms with Gasteiger partial charge in [0.05, 0.1) is 12.7 Å². The van der Waals surface area contributed by atoms with Crippen LogP contribution >= 0.6 is 0 Å². The molecule has 0 aromatic rings. The molecule has 92 valence electrons. The van der Waals surface area contributed by atoms with Gasteiger partial charge in [0.15, 0.2) is 0 Å². The topological polar surface area (TPSA) is 58.7 Å². The average molecular weight is 226 g/mol. The quantitative estimate of drug-likeness (QED) is 0.632. The normalized spacial score (nSPS) is 13.4. The maximum atomic E-state index is 9.50. The highest BCUT2D eigenvalue weighted by Gasteiger charge is 2.08. The summed E-state index contributed by atoms with van der Waals surface area (Å²) in [5.74, 6) is 0. The molecule has 0 aliphatic heterocycles. The zero-order valence-corrected chi connectivity index (χ0v) is 10.4. The van der Waals surface area contributed by atoms with Gasteiger partial charge in [0.2, 0.25) is 0 Å². The lowest BCUT2D eigenvalue weighted by Gasteiger charge is -2.20. The van der Waals surface area contributed by atoms with Gasteiger partial charge < -0.3 is 20.5 Å². The SMILES string of the molecule is C=C(N)/C(=C\C(=C)N(C)CCOC)C(C)O. The number of methoxy groups -OCH3 is 1. The Balaban J connectivity index is 4.59. The lowest BCUT2D eigenvalue weighted by molar-refractivity contribution is 0.175. The van der Waals surface area contributed by atoms with Crippen molar-refractivity contribution in [1.29, 1.82) is 0 Å². The van der Waals surface area contributed by atoms with Crippen LogP contribution in [-0.2, 0) is 4.74 Å². The Morgan fingerprint density at radius 3 is 2.50 bits per heavy atom. The first kappa shape index (κ1) is 14.7. The fraction of sp³-hybridized carbons (Fsp3) is 0.500. The Kier molecular flexibility index (Phi) is 6.53. The van der Waals surface area contributed by atoms with Crippen LogP contribution in [0, 0.1) is 0 Å². The molecule has 0 aliphatic carbocycles. The smallest absolute Gasteiger partial charge is 0.0782 e. The predicted molar refractivity (Wildman–Crippen MR) is 66.7 cm³/mol. The zero-order chi connectivity index (χ0) is 12.7. The van der Waals surface area contributed by atoms with Gasteiger partial charge in [-0.15, -0.1) is 0 Å². The van der Waals surface area contributed by atoms with Crippen molar-refractivity contribution in [2.45, 2.75) is 13.0 Å². The highest BCUT2D eigenvalue weighted by molar-refractivity contribution is 5.34. The number of likely N-dealkylation sites (N-methyl/N-ethyl adjacent to an activating group) is 1. The first-order valence-corrected chi connectivity index (χ1v) is 5.13. The Morgan fingerprint density at radius 2 is 2.12 bits per heavy atom. The van der Waals surface area contributed by atoms with E-state index in [-0.39, 0.29) is 0 Å². The van der Waals surface area contributed by atoms with Crippen molar-refractivity contribution in [3.63, 3.8) is 0 Å². The van der Waals surface area contributed by atoms with Gasteiger partial charge in [-0.3, -0.25) is 0 Å². The molecule has 16 heavy (non-hydrogen) atoms. The Morgan fingerprint density at radius 1 is 1.56 bits per heavy atom. The molecule has 4 heteroatoms. The molecular weight excluding hydrogens is 204 g/mol. The molecule has 0 rings (SSSR count). The number of nitrogens with two attached hydrogens (primary N) is 1. The molecule has 0 saturated heterocycles. The molecule has 1 atom stereocenters. The molecule has 0 saturated carbocycles. The molecule has 0 aliphatic rings. The monoisotopic (exact) mass is 226 g/mol. The van der Waals surface area contributed by atoms with Crippen LogP contribution in [0.2, 0.25) is 0 Å². The second kappa shape index (κ2) is 7.09. The van der Waals surface area contributed by atoms with Gasteiger partial charge in [-0.2, -0.15) is 0 Å². The minimum Gasteiger partial charge on any atom is -0.399 e. The van der Waals surface area contributed by atoms with E-state index >= 15 is 0 Å². The van der Waals surface area contributed by atoms with Crippen LogP contribution in [0.5, 0.6) is 0 Å². The minimum absolute atomic E-state index is 0.358. The number of hydrogen-bond donors (Lipinski definition) is 2. The van der Waals surface area contributed by atoms with E-state index in [0.717, 1.165) is 12.2 Å². The zero-order valence-electron chi connectivity index (χ0n) is 10.4. The van der Waals surface area contributed by atoms with E-state index in [1.807, 2.05) is 11.9 Å². The van der Waals surface area contributed by atoms with Crippen molar-refractivity contribution in [1.82, 2.24) is 4.90 Å². The Hall–Kier alpha value is -1.26. The molecule has 0 spiro atoms. The number of ether oxygens (including phenoxy) is 1. The van der Waals surface area contributed by atoms with Crippen molar-refractivity contribution in [2.75, 3.05) is 27.3 Å². The third kappa shape index (κ3) is 5.00. The van der Waals surface area contributed by atoms with Crippen molar-refractivity contribution < 1.29 is 9.84 Å².